The lowest BCUT2D eigenvalue weighted by atomic mass is 10.1. The minimum atomic E-state index is 0.0938. The van der Waals surface area contributed by atoms with Crippen molar-refractivity contribution in [1.29, 1.82) is 0 Å². The van der Waals surface area contributed by atoms with Gasteiger partial charge >= 0.3 is 0 Å². The van der Waals surface area contributed by atoms with E-state index >= 15 is 0 Å². The Morgan fingerprint density at radius 2 is 1.41 bits per heavy atom. The first-order valence-electron chi connectivity index (χ1n) is 7.04. The Kier molecular flexibility index (Phi) is 3.22. The smallest absolute Gasteiger partial charge is 0.197 e. The largest absolute Gasteiger partial charge is 0.309 e. The molecular formula is C19H12INO. The molecule has 0 atom stereocenters. The van der Waals surface area contributed by atoms with Crippen LogP contribution in [-0.2, 0) is 0 Å². The van der Waals surface area contributed by atoms with Gasteiger partial charge in [0, 0.05) is 20.0 Å². The summed E-state index contributed by atoms with van der Waals surface area (Å²) in [4.78, 5) is 12.8. The number of fused-ring (bicyclic) bond motifs is 2. The molecule has 0 saturated heterocycles. The molecule has 0 unspecified atom stereocenters. The molecule has 1 aromatic heterocycles. The van der Waals surface area contributed by atoms with E-state index in [2.05, 4.69) is 39.3 Å². The van der Waals surface area contributed by atoms with Gasteiger partial charge < -0.3 is 4.57 Å². The van der Waals surface area contributed by atoms with Crippen molar-refractivity contribution < 1.29 is 0 Å². The fourth-order valence-corrected chi connectivity index (χ4v) is 3.37. The van der Waals surface area contributed by atoms with Crippen molar-refractivity contribution in [3.63, 3.8) is 0 Å². The third-order valence-corrected chi connectivity index (χ3v) is 4.52. The third kappa shape index (κ3) is 2.04. The van der Waals surface area contributed by atoms with Crippen molar-refractivity contribution in [3.05, 3.63) is 86.6 Å². The molecule has 0 N–H and O–H groups in total. The Bertz CT molecular complexity index is 1050. The van der Waals surface area contributed by atoms with Crippen LogP contribution in [0.3, 0.4) is 0 Å². The topological polar surface area (TPSA) is 22.0 Å². The fourth-order valence-electron chi connectivity index (χ4n) is 2.88. The van der Waals surface area contributed by atoms with Crippen LogP contribution in [0.5, 0.6) is 0 Å². The van der Waals surface area contributed by atoms with Gasteiger partial charge in [-0.3, -0.25) is 4.79 Å². The minimum Gasteiger partial charge on any atom is -0.309 e. The first-order valence-corrected chi connectivity index (χ1v) is 8.12. The summed E-state index contributed by atoms with van der Waals surface area (Å²) in [7, 11) is 0. The van der Waals surface area contributed by atoms with E-state index in [1.54, 1.807) is 0 Å². The van der Waals surface area contributed by atoms with E-state index in [-0.39, 0.29) is 5.43 Å². The van der Waals surface area contributed by atoms with Crippen LogP contribution >= 0.6 is 22.6 Å². The Balaban J connectivity index is 2.30. The number of aromatic nitrogens is 1. The lowest BCUT2D eigenvalue weighted by Crippen LogP contribution is -2.10. The minimum absolute atomic E-state index is 0.0938. The zero-order valence-electron chi connectivity index (χ0n) is 11.7. The average molecular weight is 397 g/mol. The second-order valence-electron chi connectivity index (χ2n) is 5.18. The van der Waals surface area contributed by atoms with Gasteiger partial charge in [0.1, 0.15) is 0 Å². The lowest BCUT2D eigenvalue weighted by molar-refractivity contribution is 1.16. The molecule has 0 fully saturated rings. The Hall–Kier alpha value is -2.14. The number of hydrogen-bond donors (Lipinski definition) is 0. The van der Waals surface area contributed by atoms with Crippen LogP contribution < -0.4 is 5.43 Å². The molecule has 4 rings (SSSR count). The zero-order valence-corrected chi connectivity index (χ0v) is 13.8. The maximum absolute atomic E-state index is 12.8. The number of halogens is 1. The van der Waals surface area contributed by atoms with Crippen molar-refractivity contribution in [1.82, 2.24) is 4.57 Å². The summed E-state index contributed by atoms with van der Waals surface area (Å²) in [6, 6.07) is 24.0. The van der Waals surface area contributed by atoms with Crippen molar-refractivity contribution in [2.75, 3.05) is 0 Å². The highest BCUT2D eigenvalue weighted by molar-refractivity contribution is 14.1. The molecule has 0 saturated carbocycles. The molecule has 22 heavy (non-hydrogen) atoms. The lowest BCUT2D eigenvalue weighted by Gasteiger charge is -2.15. The van der Waals surface area contributed by atoms with Gasteiger partial charge in [0.2, 0.25) is 0 Å². The van der Waals surface area contributed by atoms with Crippen molar-refractivity contribution in [2.24, 2.45) is 0 Å². The van der Waals surface area contributed by atoms with Crippen molar-refractivity contribution in [2.45, 2.75) is 0 Å². The molecule has 0 bridgehead atoms. The van der Waals surface area contributed by atoms with Crippen LogP contribution in [-0.4, -0.2) is 4.57 Å². The molecule has 0 aliphatic rings. The second-order valence-corrected chi connectivity index (χ2v) is 6.42. The molecule has 0 aliphatic carbocycles. The molecule has 4 aromatic rings. The standard InChI is InChI=1S/C19H12INO/c20-13-10-11-18-16(12-13)19(22)15-8-4-5-9-17(15)21(18)14-6-2-1-3-7-14/h1-12H. The second kappa shape index (κ2) is 5.25. The van der Waals surface area contributed by atoms with Crippen LogP contribution in [0.15, 0.2) is 77.6 Å². The first kappa shape index (κ1) is 13.5. The van der Waals surface area contributed by atoms with Gasteiger partial charge in [0.15, 0.2) is 5.43 Å². The number of nitrogens with zero attached hydrogens (tertiary/aromatic N) is 1. The molecule has 106 valence electrons. The summed E-state index contributed by atoms with van der Waals surface area (Å²) in [5, 5.41) is 1.51. The van der Waals surface area contributed by atoms with Gasteiger partial charge in [-0.1, -0.05) is 30.3 Å². The molecular weight excluding hydrogens is 385 g/mol. The summed E-state index contributed by atoms with van der Waals surface area (Å²) in [6.07, 6.45) is 0. The summed E-state index contributed by atoms with van der Waals surface area (Å²) >= 11 is 2.25. The molecule has 0 amide bonds. The van der Waals surface area contributed by atoms with Crippen molar-refractivity contribution >= 4 is 44.4 Å². The summed E-state index contributed by atoms with van der Waals surface area (Å²) < 4.78 is 3.22. The Morgan fingerprint density at radius 3 is 2.23 bits per heavy atom. The van der Waals surface area contributed by atoms with Gasteiger partial charge in [-0.25, -0.2) is 0 Å². The van der Waals surface area contributed by atoms with Crippen LogP contribution in [0.1, 0.15) is 0 Å². The molecule has 3 aromatic carbocycles. The van der Waals surface area contributed by atoms with Crippen molar-refractivity contribution in [3.8, 4) is 5.69 Å². The SMILES string of the molecule is O=c1c2ccccc2n(-c2ccccc2)c2ccc(I)cc12. The molecule has 2 nitrogen and oxygen atoms in total. The van der Waals surface area contributed by atoms with Crippen LogP contribution in [0.25, 0.3) is 27.5 Å². The van der Waals surface area contributed by atoms with E-state index in [4.69, 9.17) is 0 Å². The van der Waals surface area contributed by atoms with Gasteiger partial charge in [0.25, 0.3) is 0 Å². The Morgan fingerprint density at radius 1 is 0.727 bits per heavy atom. The van der Waals surface area contributed by atoms with E-state index < -0.39 is 0 Å². The van der Waals surface area contributed by atoms with E-state index in [1.807, 2.05) is 60.7 Å². The maximum atomic E-state index is 12.8. The predicted octanol–water partition coefficient (Wildman–Crippen LogP) is 4.75. The predicted molar refractivity (Wildman–Crippen MR) is 99.8 cm³/mol. The molecule has 0 radical (unpaired) electrons. The van der Waals surface area contributed by atoms with Gasteiger partial charge in [-0.15, -0.1) is 0 Å². The fraction of sp³-hybridized carbons (Fsp3) is 0. The van der Waals surface area contributed by atoms with E-state index in [1.165, 1.54) is 0 Å². The zero-order chi connectivity index (χ0) is 15.1. The van der Waals surface area contributed by atoms with Gasteiger partial charge in [0.05, 0.1) is 11.0 Å². The van der Waals surface area contributed by atoms with E-state index in [9.17, 15) is 4.79 Å². The maximum Gasteiger partial charge on any atom is 0.197 e. The third-order valence-electron chi connectivity index (χ3n) is 3.85. The number of hydrogen-bond acceptors (Lipinski definition) is 1. The molecule has 0 spiro atoms. The van der Waals surface area contributed by atoms with Gasteiger partial charge in [-0.05, 0) is 65.1 Å². The normalized spacial score (nSPS) is 11.1. The molecule has 1 heterocycles. The van der Waals surface area contributed by atoms with E-state index in [0.717, 1.165) is 31.1 Å². The monoisotopic (exact) mass is 397 g/mol. The van der Waals surface area contributed by atoms with Crippen LogP contribution in [0.2, 0.25) is 0 Å². The highest BCUT2D eigenvalue weighted by Crippen LogP contribution is 2.24. The van der Waals surface area contributed by atoms with E-state index in [0.29, 0.717) is 0 Å². The molecule has 0 aliphatic heterocycles. The molecule has 3 heteroatoms. The number of rotatable bonds is 1. The number of benzene rings is 3. The summed E-state index contributed by atoms with van der Waals surface area (Å²) in [5.41, 5.74) is 3.03. The highest BCUT2D eigenvalue weighted by Gasteiger charge is 2.11. The first-order chi connectivity index (χ1) is 10.8. The Labute approximate surface area is 141 Å². The van der Waals surface area contributed by atoms with Crippen LogP contribution in [0, 0.1) is 3.57 Å². The summed E-state index contributed by atoms with van der Waals surface area (Å²) in [6.45, 7) is 0. The summed E-state index contributed by atoms with van der Waals surface area (Å²) in [5.74, 6) is 0. The highest BCUT2D eigenvalue weighted by atomic mass is 127. The van der Waals surface area contributed by atoms with Gasteiger partial charge in [-0.2, -0.15) is 0 Å². The average Bonchev–Trinajstić information content (AvgIpc) is 2.57. The number of pyridine rings is 1. The number of para-hydroxylation sites is 2. The quantitative estimate of drug-likeness (QED) is 0.336. The van der Waals surface area contributed by atoms with Crippen LogP contribution in [0.4, 0.5) is 0 Å².